The molecule has 3 nitrogen and oxygen atoms in total. The maximum atomic E-state index is 5.83. The van der Waals surface area contributed by atoms with Gasteiger partial charge in [-0.3, -0.25) is 0 Å². The van der Waals surface area contributed by atoms with Gasteiger partial charge >= 0.3 is 0 Å². The Morgan fingerprint density at radius 3 is 2.95 bits per heavy atom. The maximum absolute atomic E-state index is 5.83. The lowest BCUT2D eigenvalue weighted by atomic mass is 10.2. The molecule has 0 fully saturated rings. The molecule has 0 aromatic carbocycles. The molecule has 2 aromatic rings. The number of aryl methyl sites for hydroxylation is 1. The van der Waals surface area contributed by atoms with Gasteiger partial charge in [0.2, 0.25) is 0 Å². The summed E-state index contributed by atoms with van der Waals surface area (Å²) in [6.07, 6.45) is 2.27. The first-order valence-electron chi connectivity index (χ1n) is 7.69. The van der Waals surface area contributed by atoms with E-state index in [1.54, 1.807) is 0 Å². The minimum Gasteiger partial charge on any atom is -0.465 e. The van der Waals surface area contributed by atoms with Gasteiger partial charge in [0, 0.05) is 23.5 Å². The van der Waals surface area contributed by atoms with Crippen LogP contribution in [0.2, 0.25) is 0 Å². The molecule has 4 heteroatoms. The molecule has 0 bridgehead atoms. The molecule has 0 radical (unpaired) electrons. The minimum atomic E-state index is 0.827. The Labute approximate surface area is 132 Å². The van der Waals surface area contributed by atoms with E-state index in [9.17, 15) is 0 Å². The first-order valence-corrected chi connectivity index (χ1v) is 8.56. The second kappa shape index (κ2) is 8.37. The minimum absolute atomic E-state index is 0.827. The smallest absolute Gasteiger partial charge is 0.118 e. The third-order valence-electron chi connectivity index (χ3n) is 3.56. The summed E-state index contributed by atoms with van der Waals surface area (Å²) in [6.45, 7) is 8.13. The Morgan fingerprint density at radius 2 is 2.24 bits per heavy atom. The van der Waals surface area contributed by atoms with Gasteiger partial charge in [-0.1, -0.05) is 13.0 Å². The fraction of sp³-hybridized carbons (Fsp3) is 0.529. The van der Waals surface area contributed by atoms with Crippen LogP contribution in [-0.2, 0) is 19.5 Å². The van der Waals surface area contributed by atoms with E-state index >= 15 is 0 Å². The number of rotatable bonds is 9. The van der Waals surface area contributed by atoms with Crippen LogP contribution in [0.15, 0.2) is 28.0 Å². The normalized spacial score (nSPS) is 11.4. The molecule has 0 unspecified atom stereocenters. The number of furan rings is 1. The van der Waals surface area contributed by atoms with Gasteiger partial charge in [-0.2, -0.15) is 0 Å². The lowest BCUT2D eigenvalue weighted by Gasteiger charge is -2.15. The quantitative estimate of drug-likeness (QED) is 0.714. The van der Waals surface area contributed by atoms with Crippen LogP contribution >= 0.6 is 11.3 Å². The summed E-state index contributed by atoms with van der Waals surface area (Å²) in [5, 5.41) is 5.53. The van der Waals surface area contributed by atoms with Gasteiger partial charge in [0.05, 0.1) is 6.54 Å². The Kier molecular flexibility index (Phi) is 6.49. The Hall–Kier alpha value is -1.10. The molecule has 0 atom stereocenters. The van der Waals surface area contributed by atoms with Crippen molar-refractivity contribution in [2.75, 3.05) is 20.1 Å². The van der Waals surface area contributed by atoms with Crippen molar-refractivity contribution in [3.05, 3.63) is 45.5 Å². The summed E-state index contributed by atoms with van der Waals surface area (Å²) in [5.41, 5.74) is 1.30. The monoisotopic (exact) mass is 306 g/mol. The number of thiophene rings is 1. The van der Waals surface area contributed by atoms with Crippen molar-refractivity contribution in [1.82, 2.24) is 10.2 Å². The van der Waals surface area contributed by atoms with Crippen molar-refractivity contribution in [1.29, 1.82) is 0 Å². The predicted molar refractivity (Wildman–Crippen MR) is 89.8 cm³/mol. The average molecular weight is 306 g/mol. The van der Waals surface area contributed by atoms with E-state index in [0.717, 1.165) is 50.5 Å². The largest absolute Gasteiger partial charge is 0.465 e. The number of likely N-dealkylation sites (N-methyl/N-ethyl adjacent to an activating group) is 1. The molecule has 2 rings (SSSR count). The van der Waals surface area contributed by atoms with Crippen molar-refractivity contribution in [2.24, 2.45) is 0 Å². The highest BCUT2D eigenvalue weighted by Gasteiger charge is 2.10. The summed E-state index contributed by atoms with van der Waals surface area (Å²) >= 11 is 1.84. The van der Waals surface area contributed by atoms with Crippen LogP contribution in [-0.4, -0.2) is 25.0 Å². The average Bonchev–Trinajstić information content (AvgIpc) is 3.08. The lowest BCUT2D eigenvalue weighted by Crippen LogP contribution is -2.20. The molecule has 0 aliphatic rings. The zero-order valence-electron chi connectivity index (χ0n) is 13.3. The molecule has 2 aromatic heterocycles. The molecule has 0 aliphatic carbocycles. The molecule has 0 aliphatic heterocycles. The van der Waals surface area contributed by atoms with Gasteiger partial charge < -0.3 is 14.6 Å². The second-order valence-electron chi connectivity index (χ2n) is 5.54. The maximum Gasteiger partial charge on any atom is 0.118 e. The van der Waals surface area contributed by atoms with Crippen molar-refractivity contribution in [2.45, 2.75) is 39.8 Å². The molecular weight excluding hydrogens is 280 g/mol. The van der Waals surface area contributed by atoms with E-state index in [4.69, 9.17) is 4.42 Å². The molecule has 0 amide bonds. The van der Waals surface area contributed by atoms with Gasteiger partial charge in [-0.05, 0) is 50.9 Å². The highest BCUT2D eigenvalue weighted by molar-refractivity contribution is 7.09. The van der Waals surface area contributed by atoms with Crippen LogP contribution in [0.4, 0.5) is 0 Å². The number of nitrogens with one attached hydrogen (secondary N) is 1. The number of hydrogen-bond donors (Lipinski definition) is 1. The highest BCUT2D eigenvalue weighted by atomic mass is 32.1. The Morgan fingerprint density at radius 1 is 1.38 bits per heavy atom. The van der Waals surface area contributed by atoms with E-state index in [1.807, 2.05) is 11.3 Å². The van der Waals surface area contributed by atoms with Crippen LogP contribution in [0, 0.1) is 6.92 Å². The van der Waals surface area contributed by atoms with E-state index in [-0.39, 0.29) is 0 Å². The molecule has 21 heavy (non-hydrogen) atoms. The van der Waals surface area contributed by atoms with Crippen molar-refractivity contribution < 1.29 is 4.42 Å². The van der Waals surface area contributed by atoms with Crippen molar-refractivity contribution >= 4 is 11.3 Å². The van der Waals surface area contributed by atoms with Gasteiger partial charge in [-0.15, -0.1) is 11.3 Å². The van der Waals surface area contributed by atoms with Crippen LogP contribution in [0.1, 0.15) is 35.3 Å². The first kappa shape index (κ1) is 16.3. The standard InChI is InChI=1S/C17H26N2OS/c1-4-8-18-12-16-11-15(14(2)20-16)13-19(3)9-7-17-6-5-10-21-17/h5-6,10-11,18H,4,7-9,12-13H2,1-3H3. The van der Waals surface area contributed by atoms with Crippen LogP contribution in [0.5, 0.6) is 0 Å². The van der Waals surface area contributed by atoms with E-state index in [2.05, 4.69) is 54.7 Å². The molecular formula is C17H26N2OS. The highest BCUT2D eigenvalue weighted by Crippen LogP contribution is 2.17. The zero-order chi connectivity index (χ0) is 15.1. The third kappa shape index (κ3) is 5.30. The topological polar surface area (TPSA) is 28.4 Å². The number of hydrogen-bond acceptors (Lipinski definition) is 4. The molecule has 0 spiro atoms. The van der Waals surface area contributed by atoms with Gasteiger partial charge in [0.25, 0.3) is 0 Å². The van der Waals surface area contributed by atoms with Crippen molar-refractivity contribution in [3.8, 4) is 0 Å². The van der Waals surface area contributed by atoms with Gasteiger partial charge in [0.15, 0.2) is 0 Å². The van der Waals surface area contributed by atoms with Gasteiger partial charge in [-0.25, -0.2) is 0 Å². The summed E-state index contributed by atoms with van der Waals surface area (Å²) in [6, 6.07) is 6.52. The molecule has 0 saturated heterocycles. The first-order chi connectivity index (χ1) is 10.2. The molecule has 0 saturated carbocycles. The fourth-order valence-electron chi connectivity index (χ4n) is 2.35. The Balaban J connectivity index is 1.81. The molecule has 116 valence electrons. The molecule has 1 N–H and O–H groups in total. The summed E-state index contributed by atoms with van der Waals surface area (Å²) in [4.78, 5) is 3.82. The second-order valence-corrected chi connectivity index (χ2v) is 6.57. The summed E-state index contributed by atoms with van der Waals surface area (Å²) in [7, 11) is 2.18. The zero-order valence-corrected chi connectivity index (χ0v) is 14.1. The fourth-order valence-corrected chi connectivity index (χ4v) is 3.04. The van der Waals surface area contributed by atoms with Crippen LogP contribution < -0.4 is 5.32 Å². The summed E-state index contributed by atoms with van der Waals surface area (Å²) < 4.78 is 5.83. The number of nitrogens with zero attached hydrogens (tertiary/aromatic N) is 1. The van der Waals surface area contributed by atoms with E-state index < -0.39 is 0 Å². The molecule has 2 heterocycles. The SMILES string of the molecule is CCCNCc1cc(CN(C)CCc2cccs2)c(C)o1. The third-order valence-corrected chi connectivity index (χ3v) is 4.49. The van der Waals surface area contributed by atoms with E-state index in [0.29, 0.717) is 0 Å². The Bertz CT molecular complexity index is 519. The van der Waals surface area contributed by atoms with Crippen LogP contribution in [0.25, 0.3) is 0 Å². The summed E-state index contributed by atoms with van der Waals surface area (Å²) in [5.74, 6) is 2.09. The van der Waals surface area contributed by atoms with Crippen LogP contribution in [0.3, 0.4) is 0 Å². The van der Waals surface area contributed by atoms with Gasteiger partial charge in [0.1, 0.15) is 11.5 Å². The lowest BCUT2D eigenvalue weighted by molar-refractivity contribution is 0.329. The predicted octanol–water partition coefficient (Wildman–Crippen LogP) is 3.82. The van der Waals surface area contributed by atoms with Crippen molar-refractivity contribution in [3.63, 3.8) is 0 Å². The van der Waals surface area contributed by atoms with E-state index in [1.165, 1.54) is 10.4 Å².